The highest BCUT2D eigenvalue weighted by atomic mass is 79.9. The topological polar surface area (TPSA) is 61.8 Å². The van der Waals surface area contributed by atoms with Crippen LogP contribution in [0.1, 0.15) is 23.6 Å². The van der Waals surface area contributed by atoms with E-state index in [1.165, 1.54) is 14.0 Å². The van der Waals surface area contributed by atoms with Gasteiger partial charge >= 0.3 is 11.9 Å². The molecule has 27 heavy (non-hydrogen) atoms. The smallest absolute Gasteiger partial charge is 0.343 e. The molecule has 1 heterocycles. The normalized spacial score (nSPS) is 14.7. The molecule has 2 aromatic carbocycles. The molecule has 1 aliphatic heterocycles. The van der Waals surface area contributed by atoms with Crippen LogP contribution in [-0.2, 0) is 14.3 Å². The van der Waals surface area contributed by atoms with Gasteiger partial charge in [-0.25, -0.2) is 4.79 Å². The van der Waals surface area contributed by atoms with Crippen LogP contribution in [0.2, 0.25) is 0 Å². The zero-order valence-electron chi connectivity index (χ0n) is 15.0. The van der Waals surface area contributed by atoms with Crippen molar-refractivity contribution in [3.8, 4) is 11.5 Å². The number of cyclic esters (lactones) is 1. The standard InChI is InChI=1S/C21H17BrO5/c1-12-4-6-14(7-5-12)18-10-16(21(24)27-18)8-15-9-17(22)11-19(25-3)20(15)26-13(2)23/h4-11H,1-3H3/b16-8-. The van der Waals surface area contributed by atoms with Gasteiger partial charge in [-0.05, 0) is 31.2 Å². The summed E-state index contributed by atoms with van der Waals surface area (Å²) in [6, 6.07) is 11.1. The lowest BCUT2D eigenvalue weighted by molar-refractivity contribution is -0.132. The Labute approximate surface area is 165 Å². The maximum absolute atomic E-state index is 12.3. The monoisotopic (exact) mass is 428 g/mol. The summed E-state index contributed by atoms with van der Waals surface area (Å²) >= 11 is 3.39. The van der Waals surface area contributed by atoms with Gasteiger partial charge in [-0.15, -0.1) is 0 Å². The molecule has 138 valence electrons. The van der Waals surface area contributed by atoms with Crippen LogP contribution < -0.4 is 9.47 Å². The van der Waals surface area contributed by atoms with Crippen LogP contribution in [0.15, 0.2) is 52.5 Å². The van der Waals surface area contributed by atoms with E-state index in [1.54, 1.807) is 24.3 Å². The van der Waals surface area contributed by atoms with Crippen LogP contribution in [0.3, 0.4) is 0 Å². The number of rotatable bonds is 4. The average molecular weight is 429 g/mol. The number of carbonyl (C=O) groups excluding carboxylic acids is 2. The second-order valence-electron chi connectivity index (χ2n) is 5.98. The zero-order chi connectivity index (χ0) is 19.6. The quantitative estimate of drug-likeness (QED) is 0.402. The molecule has 0 N–H and O–H groups in total. The van der Waals surface area contributed by atoms with Gasteiger partial charge in [0.2, 0.25) is 0 Å². The first-order valence-corrected chi connectivity index (χ1v) is 8.95. The van der Waals surface area contributed by atoms with E-state index in [4.69, 9.17) is 14.2 Å². The van der Waals surface area contributed by atoms with Gasteiger partial charge in [0, 0.05) is 22.5 Å². The summed E-state index contributed by atoms with van der Waals surface area (Å²) in [6.07, 6.45) is 3.27. The van der Waals surface area contributed by atoms with E-state index in [9.17, 15) is 9.59 Å². The number of ether oxygens (including phenoxy) is 3. The van der Waals surface area contributed by atoms with Crippen molar-refractivity contribution in [1.29, 1.82) is 0 Å². The second kappa shape index (κ2) is 7.80. The molecule has 0 aliphatic carbocycles. The minimum absolute atomic E-state index is 0.241. The maximum atomic E-state index is 12.3. The van der Waals surface area contributed by atoms with Crippen LogP contribution >= 0.6 is 15.9 Å². The van der Waals surface area contributed by atoms with Crippen LogP contribution in [0.25, 0.3) is 11.8 Å². The Hall–Kier alpha value is -2.86. The third-order valence-corrected chi connectivity index (χ3v) is 4.34. The third-order valence-electron chi connectivity index (χ3n) is 3.89. The predicted molar refractivity (Wildman–Crippen MR) is 105 cm³/mol. The lowest BCUT2D eigenvalue weighted by Crippen LogP contribution is -2.05. The van der Waals surface area contributed by atoms with E-state index in [1.807, 2.05) is 31.2 Å². The van der Waals surface area contributed by atoms with Gasteiger partial charge in [-0.2, -0.15) is 0 Å². The molecule has 3 rings (SSSR count). The first-order valence-electron chi connectivity index (χ1n) is 8.16. The number of hydrogen-bond acceptors (Lipinski definition) is 5. The largest absolute Gasteiger partial charge is 0.493 e. The summed E-state index contributed by atoms with van der Waals surface area (Å²) in [6.45, 7) is 3.29. The van der Waals surface area contributed by atoms with Crippen LogP contribution in [0, 0.1) is 6.92 Å². The van der Waals surface area contributed by atoms with E-state index < -0.39 is 11.9 Å². The molecule has 0 aromatic heterocycles. The molecular weight excluding hydrogens is 412 g/mol. The van der Waals surface area contributed by atoms with Crippen molar-refractivity contribution in [3.05, 3.63) is 69.2 Å². The van der Waals surface area contributed by atoms with Crippen molar-refractivity contribution in [1.82, 2.24) is 0 Å². The van der Waals surface area contributed by atoms with Crippen LogP contribution in [0.4, 0.5) is 0 Å². The van der Waals surface area contributed by atoms with E-state index in [2.05, 4.69) is 15.9 Å². The van der Waals surface area contributed by atoms with E-state index in [0.717, 1.165) is 15.6 Å². The Morgan fingerprint density at radius 1 is 1.19 bits per heavy atom. The Morgan fingerprint density at radius 2 is 1.89 bits per heavy atom. The molecule has 0 amide bonds. The number of carbonyl (C=O) groups is 2. The molecule has 0 fully saturated rings. The molecule has 2 aromatic rings. The van der Waals surface area contributed by atoms with Crippen molar-refractivity contribution in [3.63, 3.8) is 0 Å². The van der Waals surface area contributed by atoms with Crippen LogP contribution in [0.5, 0.6) is 11.5 Å². The number of esters is 2. The number of hydrogen-bond donors (Lipinski definition) is 0. The predicted octanol–water partition coefficient (Wildman–Crippen LogP) is 4.67. The lowest BCUT2D eigenvalue weighted by atomic mass is 10.1. The molecule has 5 nitrogen and oxygen atoms in total. The summed E-state index contributed by atoms with van der Waals surface area (Å²) in [4.78, 5) is 23.8. The highest BCUT2D eigenvalue weighted by molar-refractivity contribution is 9.10. The Bertz CT molecular complexity index is 971. The molecule has 6 heteroatoms. The van der Waals surface area contributed by atoms with Gasteiger partial charge in [0.25, 0.3) is 0 Å². The SMILES string of the molecule is COc1cc(Br)cc(/C=C2/C=C(c3ccc(C)cc3)OC2=O)c1OC(C)=O. The Kier molecular flexibility index (Phi) is 5.46. The summed E-state index contributed by atoms with van der Waals surface area (Å²) in [7, 11) is 1.48. The second-order valence-corrected chi connectivity index (χ2v) is 6.90. The zero-order valence-corrected chi connectivity index (χ0v) is 16.6. The van der Waals surface area contributed by atoms with Gasteiger partial charge in [0.1, 0.15) is 5.76 Å². The minimum Gasteiger partial charge on any atom is -0.493 e. The van der Waals surface area contributed by atoms with Gasteiger partial charge in [-0.3, -0.25) is 4.79 Å². The van der Waals surface area contributed by atoms with E-state index >= 15 is 0 Å². The van der Waals surface area contributed by atoms with Gasteiger partial charge in [0.15, 0.2) is 11.5 Å². The third kappa shape index (κ3) is 4.28. The van der Waals surface area contributed by atoms with Crippen LogP contribution in [-0.4, -0.2) is 19.0 Å². The fourth-order valence-corrected chi connectivity index (χ4v) is 3.07. The molecule has 0 atom stereocenters. The number of halogens is 1. The van der Waals surface area contributed by atoms with Gasteiger partial charge in [-0.1, -0.05) is 45.8 Å². The average Bonchev–Trinajstić information content (AvgIpc) is 2.98. The van der Waals surface area contributed by atoms with Gasteiger partial charge in [0.05, 0.1) is 12.7 Å². The first kappa shape index (κ1) is 18.9. The molecule has 0 bridgehead atoms. The molecule has 0 spiro atoms. The molecule has 0 saturated heterocycles. The van der Waals surface area contributed by atoms with Crippen molar-refractivity contribution < 1.29 is 23.8 Å². The highest BCUT2D eigenvalue weighted by Gasteiger charge is 2.23. The Balaban J connectivity index is 2.05. The molecular formula is C21H17BrO5. The first-order chi connectivity index (χ1) is 12.9. The lowest BCUT2D eigenvalue weighted by Gasteiger charge is -2.12. The molecule has 1 aliphatic rings. The van der Waals surface area contributed by atoms with E-state index in [-0.39, 0.29) is 5.75 Å². The summed E-state index contributed by atoms with van der Waals surface area (Å²) in [5.41, 5.74) is 2.79. The number of methoxy groups -OCH3 is 1. The van der Waals surface area contributed by atoms with Crippen molar-refractivity contribution in [2.24, 2.45) is 0 Å². The fourth-order valence-electron chi connectivity index (χ4n) is 2.62. The van der Waals surface area contributed by atoms with Crippen molar-refractivity contribution in [2.45, 2.75) is 13.8 Å². The number of benzene rings is 2. The van der Waals surface area contributed by atoms with Gasteiger partial charge < -0.3 is 14.2 Å². The molecule has 0 unspecified atom stereocenters. The molecule has 0 saturated carbocycles. The van der Waals surface area contributed by atoms with Crippen molar-refractivity contribution in [2.75, 3.05) is 7.11 Å². The summed E-state index contributed by atoms with van der Waals surface area (Å²) in [5.74, 6) is 0.131. The summed E-state index contributed by atoms with van der Waals surface area (Å²) in [5, 5.41) is 0. The Morgan fingerprint density at radius 3 is 2.52 bits per heavy atom. The van der Waals surface area contributed by atoms with Crippen molar-refractivity contribution >= 4 is 39.7 Å². The summed E-state index contributed by atoms with van der Waals surface area (Å²) < 4.78 is 16.7. The number of aryl methyl sites for hydroxylation is 1. The highest BCUT2D eigenvalue weighted by Crippen LogP contribution is 2.37. The van der Waals surface area contributed by atoms with E-state index in [0.29, 0.717) is 22.6 Å². The maximum Gasteiger partial charge on any atom is 0.343 e. The minimum atomic E-state index is -0.486. The molecule has 0 radical (unpaired) electrons. The fraction of sp³-hybridized carbons (Fsp3) is 0.143.